The first kappa shape index (κ1) is 10.8. The minimum Gasteiger partial charge on any atom is -0.410 e. The minimum atomic E-state index is -1.02. The summed E-state index contributed by atoms with van der Waals surface area (Å²) in [5.41, 5.74) is -2.05. The smallest absolute Gasteiger partial charge is 0.409 e. The molecule has 0 bridgehead atoms. The Bertz CT molecular complexity index is 329. The van der Waals surface area contributed by atoms with Crippen LogP contribution >= 0.6 is 23.2 Å². The Morgan fingerprint density at radius 3 is 1.57 bits per heavy atom. The van der Waals surface area contributed by atoms with Crippen molar-refractivity contribution in [3.05, 3.63) is 24.3 Å². The Labute approximate surface area is 89.3 Å². The molecule has 1 aromatic carbocycles. The van der Waals surface area contributed by atoms with Gasteiger partial charge < -0.3 is 9.47 Å². The molecule has 0 N–H and O–H groups in total. The summed E-state index contributed by atoms with van der Waals surface area (Å²) in [5.74, 6) is 0.0583. The highest BCUT2D eigenvalue weighted by atomic mass is 35.5. The predicted molar refractivity (Wildman–Crippen MR) is 50.2 cm³/mol. The number of hydrogen-bond acceptors (Lipinski definition) is 4. The predicted octanol–water partition coefficient (Wildman–Crippen LogP) is 3.16. The van der Waals surface area contributed by atoms with Gasteiger partial charge >= 0.3 is 10.9 Å². The summed E-state index contributed by atoms with van der Waals surface area (Å²) in [6.07, 6.45) is 0. The number of rotatable bonds is 2. The number of hydrogen-bond donors (Lipinski definition) is 0. The zero-order valence-electron chi connectivity index (χ0n) is 6.70. The van der Waals surface area contributed by atoms with E-state index in [1.165, 1.54) is 12.1 Å². The lowest BCUT2D eigenvalue weighted by Crippen LogP contribution is -2.02. The lowest BCUT2D eigenvalue weighted by Gasteiger charge is -2.05. The summed E-state index contributed by atoms with van der Waals surface area (Å²) in [5, 5.41) is 0. The first-order chi connectivity index (χ1) is 6.59. The molecule has 0 saturated carbocycles. The Morgan fingerprint density at radius 1 is 0.929 bits per heavy atom. The molecule has 0 atom stereocenters. The van der Waals surface area contributed by atoms with Crippen LogP contribution in [-0.2, 0) is 0 Å². The van der Waals surface area contributed by atoms with Gasteiger partial charge in [-0.2, -0.15) is 0 Å². The van der Waals surface area contributed by atoms with Crippen molar-refractivity contribution in [2.24, 2.45) is 0 Å². The number of carbonyl (C=O) groups excluding carboxylic acids is 2. The van der Waals surface area contributed by atoms with E-state index in [1.54, 1.807) is 12.1 Å². The van der Waals surface area contributed by atoms with Gasteiger partial charge in [-0.15, -0.1) is 0 Å². The van der Waals surface area contributed by atoms with E-state index in [9.17, 15) is 9.59 Å². The highest BCUT2D eigenvalue weighted by molar-refractivity contribution is 6.62. The van der Waals surface area contributed by atoms with Crippen LogP contribution in [0.3, 0.4) is 0 Å². The van der Waals surface area contributed by atoms with E-state index < -0.39 is 10.9 Å². The van der Waals surface area contributed by atoms with E-state index in [-0.39, 0.29) is 11.5 Å². The van der Waals surface area contributed by atoms with Crippen LogP contribution in [0, 0.1) is 0 Å². The molecule has 0 aliphatic carbocycles. The maximum atomic E-state index is 10.4. The molecule has 74 valence electrons. The summed E-state index contributed by atoms with van der Waals surface area (Å²) in [4.78, 5) is 20.8. The largest absolute Gasteiger partial charge is 0.410 e. The van der Waals surface area contributed by atoms with Crippen molar-refractivity contribution in [2.75, 3.05) is 0 Å². The van der Waals surface area contributed by atoms with Gasteiger partial charge in [-0.25, -0.2) is 9.59 Å². The molecule has 0 aromatic heterocycles. The summed E-state index contributed by atoms with van der Waals surface area (Å²) in [6, 6.07) is 5.99. The minimum absolute atomic E-state index is 0.0292. The number of para-hydroxylation sites is 2. The van der Waals surface area contributed by atoms with Crippen LogP contribution in [0.25, 0.3) is 0 Å². The zero-order chi connectivity index (χ0) is 10.6. The monoisotopic (exact) mass is 234 g/mol. The van der Waals surface area contributed by atoms with Crippen LogP contribution < -0.4 is 9.47 Å². The second kappa shape index (κ2) is 4.83. The Kier molecular flexibility index (Phi) is 3.73. The summed E-state index contributed by atoms with van der Waals surface area (Å²) in [6.45, 7) is 0. The quantitative estimate of drug-likeness (QED) is 0.738. The highest BCUT2D eigenvalue weighted by Gasteiger charge is 2.09. The molecule has 0 unspecified atom stereocenters. The van der Waals surface area contributed by atoms with E-state index >= 15 is 0 Å². The molecule has 0 aliphatic heterocycles. The van der Waals surface area contributed by atoms with Gasteiger partial charge in [0.1, 0.15) is 0 Å². The Hall–Kier alpha value is -1.26. The summed E-state index contributed by atoms with van der Waals surface area (Å²) in [7, 11) is 0. The molecule has 1 aromatic rings. The van der Waals surface area contributed by atoms with Crippen LogP contribution in [0.15, 0.2) is 24.3 Å². The third kappa shape index (κ3) is 3.24. The second-order valence-corrected chi connectivity index (χ2v) is 2.74. The fourth-order valence-electron chi connectivity index (χ4n) is 0.792. The summed E-state index contributed by atoms with van der Waals surface area (Å²) >= 11 is 9.97. The van der Waals surface area contributed by atoms with Crippen molar-refractivity contribution < 1.29 is 19.1 Å². The number of ether oxygens (including phenoxy) is 2. The van der Waals surface area contributed by atoms with E-state index in [0.717, 1.165) is 0 Å². The topological polar surface area (TPSA) is 52.6 Å². The SMILES string of the molecule is O=C(Cl)Oc1ccccc1OC(=O)Cl. The number of benzene rings is 1. The van der Waals surface area contributed by atoms with Crippen LogP contribution in [0.5, 0.6) is 11.5 Å². The van der Waals surface area contributed by atoms with Gasteiger partial charge in [-0.05, 0) is 12.1 Å². The van der Waals surface area contributed by atoms with Crippen molar-refractivity contribution in [1.82, 2.24) is 0 Å². The average molecular weight is 235 g/mol. The Balaban J connectivity index is 2.90. The van der Waals surface area contributed by atoms with Gasteiger partial charge in [0, 0.05) is 23.2 Å². The molecular formula is C8H4Cl2O4. The fourth-order valence-corrected chi connectivity index (χ4v) is 0.958. The molecule has 4 nitrogen and oxygen atoms in total. The molecule has 6 heteroatoms. The number of carbonyl (C=O) groups is 2. The first-order valence-corrected chi connectivity index (χ1v) is 4.19. The molecule has 0 saturated heterocycles. The van der Waals surface area contributed by atoms with Crippen LogP contribution in [0.1, 0.15) is 0 Å². The van der Waals surface area contributed by atoms with Crippen molar-refractivity contribution in [3.63, 3.8) is 0 Å². The second-order valence-electron chi connectivity index (χ2n) is 2.13. The molecule has 0 radical (unpaired) electrons. The maximum Gasteiger partial charge on any atom is 0.409 e. The van der Waals surface area contributed by atoms with Gasteiger partial charge in [-0.1, -0.05) is 12.1 Å². The molecule has 0 amide bonds. The van der Waals surface area contributed by atoms with Crippen LogP contribution in [0.4, 0.5) is 9.59 Å². The molecule has 0 fully saturated rings. The number of halogens is 2. The molecule has 1 rings (SSSR count). The molecule has 0 heterocycles. The van der Waals surface area contributed by atoms with Crippen molar-refractivity contribution in [1.29, 1.82) is 0 Å². The fraction of sp³-hybridized carbons (Fsp3) is 0. The van der Waals surface area contributed by atoms with Gasteiger partial charge in [-0.3, -0.25) is 0 Å². The Morgan fingerprint density at radius 2 is 1.29 bits per heavy atom. The van der Waals surface area contributed by atoms with Gasteiger partial charge in [0.2, 0.25) is 0 Å². The molecule has 14 heavy (non-hydrogen) atoms. The molecule has 0 spiro atoms. The molecular weight excluding hydrogens is 231 g/mol. The third-order valence-electron chi connectivity index (χ3n) is 1.23. The van der Waals surface area contributed by atoms with Gasteiger partial charge in [0.05, 0.1) is 0 Å². The summed E-state index contributed by atoms with van der Waals surface area (Å²) < 4.78 is 9.07. The molecule has 0 aliphatic rings. The normalized spacial score (nSPS) is 9.29. The third-order valence-corrected chi connectivity index (χ3v) is 1.38. The van der Waals surface area contributed by atoms with E-state index in [4.69, 9.17) is 23.2 Å². The van der Waals surface area contributed by atoms with Crippen LogP contribution in [0.2, 0.25) is 0 Å². The van der Waals surface area contributed by atoms with Gasteiger partial charge in [0.15, 0.2) is 11.5 Å². The van der Waals surface area contributed by atoms with E-state index in [2.05, 4.69) is 9.47 Å². The van der Waals surface area contributed by atoms with Crippen LogP contribution in [-0.4, -0.2) is 10.9 Å². The lowest BCUT2D eigenvalue weighted by molar-refractivity contribution is 0.216. The first-order valence-electron chi connectivity index (χ1n) is 3.43. The van der Waals surface area contributed by atoms with Gasteiger partial charge in [0.25, 0.3) is 0 Å². The maximum absolute atomic E-state index is 10.4. The van der Waals surface area contributed by atoms with Crippen molar-refractivity contribution in [2.45, 2.75) is 0 Å². The highest BCUT2D eigenvalue weighted by Crippen LogP contribution is 2.27. The van der Waals surface area contributed by atoms with E-state index in [0.29, 0.717) is 0 Å². The zero-order valence-corrected chi connectivity index (χ0v) is 8.21. The van der Waals surface area contributed by atoms with Crippen molar-refractivity contribution in [3.8, 4) is 11.5 Å². The lowest BCUT2D eigenvalue weighted by atomic mass is 10.3. The van der Waals surface area contributed by atoms with E-state index in [1.807, 2.05) is 0 Å². The average Bonchev–Trinajstić information content (AvgIpc) is 2.06. The van der Waals surface area contributed by atoms with Crippen molar-refractivity contribution >= 4 is 34.1 Å². The standard InChI is InChI=1S/C8H4Cl2O4/c9-7(11)13-5-3-1-2-4-6(5)14-8(10)12/h1-4H.